The van der Waals surface area contributed by atoms with Gasteiger partial charge in [0.05, 0.1) is 6.04 Å². The summed E-state index contributed by atoms with van der Waals surface area (Å²) in [6.45, 7) is 1.70. The van der Waals surface area contributed by atoms with Gasteiger partial charge in [-0.15, -0.1) is 0 Å². The molecule has 1 aromatic heterocycles. The van der Waals surface area contributed by atoms with Gasteiger partial charge in [0.2, 0.25) is 0 Å². The summed E-state index contributed by atoms with van der Waals surface area (Å²) in [6, 6.07) is 4.72. The van der Waals surface area contributed by atoms with Crippen molar-refractivity contribution in [1.82, 2.24) is 0 Å². The van der Waals surface area contributed by atoms with Crippen LogP contribution in [0.15, 0.2) is 29.0 Å². The zero-order valence-electron chi connectivity index (χ0n) is 8.71. The second-order valence-electron chi connectivity index (χ2n) is 3.63. The summed E-state index contributed by atoms with van der Waals surface area (Å²) in [6.07, 6.45) is 0. The summed E-state index contributed by atoms with van der Waals surface area (Å²) in [7, 11) is 0. The quantitative estimate of drug-likeness (QED) is 0.866. The molecule has 0 radical (unpaired) electrons. The molecule has 1 aromatic carbocycles. The predicted molar refractivity (Wildman–Crippen MR) is 66.5 cm³/mol. The Hall–Kier alpha value is -0.900. The van der Waals surface area contributed by atoms with Crippen LogP contribution in [0.5, 0.6) is 0 Å². The highest BCUT2D eigenvalue weighted by atomic mass is 35.5. The van der Waals surface area contributed by atoms with Gasteiger partial charge in [-0.05, 0) is 40.9 Å². The van der Waals surface area contributed by atoms with E-state index in [1.54, 1.807) is 19.1 Å². The van der Waals surface area contributed by atoms with E-state index in [2.05, 4.69) is 0 Å². The fourth-order valence-corrected chi connectivity index (χ4v) is 2.54. The van der Waals surface area contributed by atoms with Crippen LogP contribution in [-0.2, 0) is 0 Å². The molecule has 1 atom stereocenters. The average molecular weight is 256 g/mol. The first kappa shape index (κ1) is 11.6. The van der Waals surface area contributed by atoms with Crippen LogP contribution in [-0.4, -0.2) is 0 Å². The van der Waals surface area contributed by atoms with Crippen molar-refractivity contribution in [2.75, 3.05) is 0 Å². The molecule has 2 rings (SSSR count). The molecular formula is C12H11ClFNS. The molecule has 0 saturated carbocycles. The maximum Gasteiger partial charge on any atom is 0.132 e. The molecule has 0 aliphatic heterocycles. The van der Waals surface area contributed by atoms with E-state index in [4.69, 9.17) is 17.3 Å². The molecule has 0 aliphatic carbocycles. The van der Waals surface area contributed by atoms with Crippen LogP contribution in [0.4, 0.5) is 4.39 Å². The van der Waals surface area contributed by atoms with E-state index in [1.807, 2.05) is 16.8 Å². The fourth-order valence-electron chi connectivity index (χ4n) is 1.58. The topological polar surface area (TPSA) is 26.0 Å². The molecule has 0 unspecified atom stereocenters. The summed E-state index contributed by atoms with van der Waals surface area (Å²) in [4.78, 5) is 0. The Bertz CT molecular complexity index is 496. The standard InChI is InChI=1S/C12H11ClFNS/c1-7-2-3-9(13)10(11(7)14)12(15)8-4-5-16-6-8/h2-6,12H,15H2,1H3/t12-/m0/s1. The fraction of sp³-hybridized carbons (Fsp3) is 0.167. The lowest BCUT2D eigenvalue weighted by Crippen LogP contribution is -2.14. The number of benzene rings is 1. The van der Waals surface area contributed by atoms with Crippen LogP contribution in [0.25, 0.3) is 0 Å². The Labute approximate surface area is 103 Å². The second-order valence-corrected chi connectivity index (χ2v) is 4.81. The molecule has 16 heavy (non-hydrogen) atoms. The first-order valence-electron chi connectivity index (χ1n) is 4.83. The van der Waals surface area contributed by atoms with Crippen molar-refractivity contribution in [3.05, 3.63) is 56.5 Å². The monoisotopic (exact) mass is 255 g/mol. The number of halogens is 2. The van der Waals surface area contributed by atoms with E-state index in [-0.39, 0.29) is 5.82 Å². The highest BCUT2D eigenvalue weighted by Gasteiger charge is 2.18. The highest BCUT2D eigenvalue weighted by molar-refractivity contribution is 7.08. The summed E-state index contributed by atoms with van der Waals surface area (Å²) < 4.78 is 13.9. The van der Waals surface area contributed by atoms with Crippen molar-refractivity contribution in [2.45, 2.75) is 13.0 Å². The van der Waals surface area contributed by atoms with Gasteiger partial charge in [-0.25, -0.2) is 4.39 Å². The molecule has 2 N–H and O–H groups in total. The van der Waals surface area contributed by atoms with E-state index in [0.717, 1.165) is 5.56 Å². The van der Waals surface area contributed by atoms with Crippen LogP contribution in [0.1, 0.15) is 22.7 Å². The van der Waals surface area contributed by atoms with Crippen LogP contribution in [0, 0.1) is 12.7 Å². The number of aryl methyl sites for hydroxylation is 1. The van der Waals surface area contributed by atoms with Crippen molar-refractivity contribution in [2.24, 2.45) is 5.73 Å². The lowest BCUT2D eigenvalue weighted by molar-refractivity contribution is 0.591. The Morgan fingerprint density at radius 1 is 1.38 bits per heavy atom. The lowest BCUT2D eigenvalue weighted by Gasteiger charge is -2.14. The predicted octanol–water partition coefficient (Wildman–Crippen LogP) is 3.90. The van der Waals surface area contributed by atoms with Gasteiger partial charge >= 0.3 is 0 Å². The maximum atomic E-state index is 13.9. The zero-order chi connectivity index (χ0) is 11.7. The SMILES string of the molecule is Cc1ccc(Cl)c([C@@H](N)c2ccsc2)c1F. The smallest absolute Gasteiger partial charge is 0.132 e. The van der Waals surface area contributed by atoms with Crippen LogP contribution < -0.4 is 5.73 Å². The van der Waals surface area contributed by atoms with E-state index in [1.165, 1.54) is 11.3 Å². The number of rotatable bonds is 2. The molecule has 84 valence electrons. The summed E-state index contributed by atoms with van der Waals surface area (Å²) in [5.74, 6) is -0.314. The molecule has 1 nitrogen and oxygen atoms in total. The van der Waals surface area contributed by atoms with Gasteiger partial charge < -0.3 is 5.73 Å². The van der Waals surface area contributed by atoms with Gasteiger partial charge in [0.15, 0.2) is 0 Å². The molecule has 0 fully saturated rings. The average Bonchev–Trinajstić information content (AvgIpc) is 2.77. The van der Waals surface area contributed by atoms with Crippen molar-refractivity contribution in [3.8, 4) is 0 Å². The first-order chi connectivity index (χ1) is 7.61. The van der Waals surface area contributed by atoms with Gasteiger partial charge in [0.25, 0.3) is 0 Å². The molecule has 0 saturated heterocycles. The Balaban J connectivity index is 2.52. The third kappa shape index (κ3) is 1.98. The summed E-state index contributed by atoms with van der Waals surface area (Å²) in [5.41, 5.74) is 7.83. The summed E-state index contributed by atoms with van der Waals surface area (Å²) in [5, 5.41) is 4.20. The maximum absolute atomic E-state index is 13.9. The van der Waals surface area contributed by atoms with Gasteiger partial charge in [0.1, 0.15) is 5.82 Å². The van der Waals surface area contributed by atoms with Gasteiger partial charge in [-0.1, -0.05) is 17.7 Å². The van der Waals surface area contributed by atoms with Gasteiger partial charge in [-0.2, -0.15) is 11.3 Å². The van der Waals surface area contributed by atoms with E-state index < -0.39 is 6.04 Å². The van der Waals surface area contributed by atoms with Crippen molar-refractivity contribution >= 4 is 22.9 Å². The molecule has 0 amide bonds. The minimum absolute atomic E-state index is 0.314. The minimum Gasteiger partial charge on any atom is -0.320 e. The molecule has 0 bridgehead atoms. The van der Waals surface area contributed by atoms with Crippen LogP contribution in [0.3, 0.4) is 0 Å². The Kier molecular flexibility index (Phi) is 3.28. The molecule has 0 aliphatic rings. The second kappa shape index (κ2) is 4.53. The minimum atomic E-state index is -0.501. The van der Waals surface area contributed by atoms with Gasteiger partial charge in [0, 0.05) is 10.6 Å². The first-order valence-corrected chi connectivity index (χ1v) is 6.15. The van der Waals surface area contributed by atoms with Crippen molar-refractivity contribution < 1.29 is 4.39 Å². The van der Waals surface area contributed by atoms with E-state index >= 15 is 0 Å². The van der Waals surface area contributed by atoms with Crippen molar-refractivity contribution in [3.63, 3.8) is 0 Å². The van der Waals surface area contributed by atoms with Crippen LogP contribution >= 0.6 is 22.9 Å². The Morgan fingerprint density at radius 2 is 2.12 bits per heavy atom. The molecule has 4 heteroatoms. The Morgan fingerprint density at radius 3 is 2.75 bits per heavy atom. The number of hydrogen-bond donors (Lipinski definition) is 1. The third-order valence-electron chi connectivity index (χ3n) is 2.53. The molecule has 2 aromatic rings. The normalized spacial score (nSPS) is 12.8. The summed E-state index contributed by atoms with van der Waals surface area (Å²) >= 11 is 7.53. The van der Waals surface area contributed by atoms with Crippen LogP contribution in [0.2, 0.25) is 5.02 Å². The lowest BCUT2D eigenvalue weighted by atomic mass is 9.99. The largest absolute Gasteiger partial charge is 0.320 e. The number of nitrogens with two attached hydrogens (primary N) is 1. The van der Waals surface area contributed by atoms with E-state index in [9.17, 15) is 4.39 Å². The number of hydrogen-bond acceptors (Lipinski definition) is 2. The number of thiophene rings is 1. The van der Waals surface area contributed by atoms with Crippen molar-refractivity contribution in [1.29, 1.82) is 0 Å². The van der Waals surface area contributed by atoms with E-state index in [0.29, 0.717) is 16.1 Å². The highest BCUT2D eigenvalue weighted by Crippen LogP contribution is 2.31. The van der Waals surface area contributed by atoms with Gasteiger partial charge in [-0.3, -0.25) is 0 Å². The molecule has 0 spiro atoms. The zero-order valence-corrected chi connectivity index (χ0v) is 10.3. The molecule has 1 heterocycles. The molecular weight excluding hydrogens is 245 g/mol. The third-order valence-corrected chi connectivity index (χ3v) is 3.56.